The molecule has 0 spiro atoms. The maximum atomic E-state index is 6.78. The third-order valence-corrected chi connectivity index (χ3v) is 4.62. The zero-order chi connectivity index (χ0) is 15.9. The average Bonchev–Trinajstić information content (AvgIpc) is 3.23. The fourth-order valence-corrected chi connectivity index (χ4v) is 3.36. The van der Waals surface area contributed by atoms with Crippen molar-refractivity contribution in [3.8, 4) is 0 Å². The maximum Gasteiger partial charge on any atom is 0.181 e. The van der Waals surface area contributed by atoms with Gasteiger partial charge in [0.25, 0.3) is 0 Å². The Balaban J connectivity index is 2.03. The van der Waals surface area contributed by atoms with Gasteiger partial charge in [0, 0.05) is 11.8 Å². The number of rotatable bonds is 3. The third kappa shape index (κ3) is 2.03. The molecule has 0 saturated carbocycles. The molecule has 3 aromatic rings. The first kappa shape index (κ1) is 14.2. The minimum atomic E-state index is -0.894. The SMILES string of the molecule is NCc1ccc(C2(c3cnco3)N=c3ccccc3=C2Cl)cc1. The molecule has 2 N–H and O–H groups in total. The fourth-order valence-electron chi connectivity index (χ4n) is 2.95. The number of aromatic nitrogens is 1. The van der Waals surface area contributed by atoms with Crippen molar-refractivity contribution in [2.24, 2.45) is 10.7 Å². The van der Waals surface area contributed by atoms with Crippen LogP contribution in [0.1, 0.15) is 16.9 Å². The maximum absolute atomic E-state index is 6.78. The van der Waals surface area contributed by atoms with E-state index in [4.69, 9.17) is 26.7 Å². The Kier molecular flexibility index (Phi) is 3.29. The quantitative estimate of drug-likeness (QED) is 0.802. The first-order chi connectivity index (χ1) is 11.3. The van der Waals surface area contributed by atoms with Gasteiger partial charge >= 0.3 is 0 Å². The summed E-state index contributed by atoms with van der Waals surface area (Å²) in [4.78, 5) is 8.95. The highest BCUT2D eigenvalue weighted by atomic mass is 35.5. The molecule has 5 heteroatoms. The summed E-state index contributed by atoms with van der Waals surface area (Å²) in [5.74, 6) is 0.596. The van der Waals surface area contributed by atoms with Gasteiger partial charge in [-0.1, -0.05) is 54.1 Å². The van der Waals surface area contributed by atoms with Crippen molar-refractivity contribution in [2.45, 2.75) is 12.1 Å². The lowest BCUT2D eigenvalue weighted by Gasteiger charge is -2.25. The zero-order valence-electron chi connectivity index (χ0n) is 12.2. The number of benzene rings is 2. The van der Waals surface area contributed by atoms with Gasteiger partial charge in [0.05, 0.1) is 16.6 Å². The van der Waals surface area contributed by atoms with E-state index < -0.39 is 5.54 Å². The number of oxazole rings is 1. The molecule has 0 amide bonds. The summed E-state index contributed by atoms with van der Waals surface area (Å²) in [5.41, 5.74) is 6.77. The molecule has 0 aliphatic carbocycles. The molecule has 23 heavy (non-hydrogen) atoms. The molecule has 1 atom stereocenters. The highest BCUT2D eigenvalue weighted by molar-refractivity contribution is 6.47. The molecule has 1 aromatic heterocycles. The second-order valence-corrected chi connectivity index (χ2v) is 5.80. The molecule has 1 aliphatic heterocycles. The molecule has 1 aliphatic rings. The minimum absolute atomic E-state index is 0.490. The van der Waals surface area contributed by atoms with E-state index >= 15 is 0 Å². The van der Waals surface area contributed by atoms with Gasteiger partial charge < -0.3 is 10.2 Å². The monoisotopic (exact) mass is 323 g/mol. The number of halogens is 1. The Labute approximate surface area is 137 Å². The van der Waals surface area contributed by atoms with Gasteiger partial charge in [0.2, 0.25) is 0 Å². The lowest BCUT2D eigenvalue weighted by atomic mass is 9.87. The first-order valence-corrected chi connectivity index (χ1v) is 7.67. The van der Waals surface area contributed by atoms with Crippen LogP contribution in [0.15, 0.2) is 70.5 Å². The Bertz CT molecular complexity index is 964. The summed E-state index contributed by atoms with van der Waals surface area (Å²) in [6.45, 7) is 0.490. The highest BCUT2D eigenvalue weighted by Crippen LogP contribution is 2.43. The molecule has 0 radical (unpaired) electrons. The van der Waals surface area contributed by atoms with Gasteiger partial charge in [-0.2, -0.15) is 0 Å². The van der Waals surface area contributed by atoms with E-state index in [1.807, 2.05) is 48.5 Å². The van der Waals surface area contributed by atoms with Crippen LogP contribution in [0, 0.1) is 0 Å². The second-order valence-electron chi connectivity index (χ2n) is 5.42. The number of hydrogen-bond donors (Lipinski definition) is 1. The molecule has 0 saturated heterocycles. The van der Waals surface area contributed by atoms with Crippen molar-refractivity contribution in [3.05, 3.63) is 88.6 Å². The molecule has 2 heterocycles. The van der Waals surface area contributed by atoms with E-state index in [9.17, 15) is 0 Å². The lowest BCUT2D eigenvalue weighted by molar-refractivity contribution is 0.450. The number of nitrogens with zero attached hydrogens (tertiary/aromatic N) is 2. The number of nitrogens with two attached hydrogens (primary N) is 1. The summed E-state index contributed by atoms with van der Waals surface area (Å²) >= 11 is 6.78. The molecule has 4 nitrogen and oxygen atoms in total. The Hall–Kier alpha value is -2.43. The van der Waals surface area contributed by atoms with E-state index in [1.54, 1.807) is 6.20 Å². The number of para-hydroxylation sites is 1. The van der Waals surface area contributed by atoms with Crippen LogP contribution in [-0.2, 0) is 12.1 Å². The van der Waals surface area contributed by atoms with E-state index in [-0.39, 0.29) is 0 Å². The summed E-state index contributed by atoms with van der Waals surface area (Å²) in [5, 5.41) is 2.37. The van der Waals surface area contributed by atoms with Gasteiger partial charge in [-0.15, -0.1) is 0 Å². The number of hydrogen-bond acceptors (Lipinski definition) is 4. The zero-order valence-corrected chi connectivity index (χ0v) is 13.0. The molecule has 4 rings (SSSR count). The van der Waals surface area contributed by atoms with Crippen LogP contribution in [0.4, 0.5) is 0 Å². The summed E-state index contributed by atoms with van der Waals surface area (Å²) in [6.07, 6.45) is 3.06. The van der Waals surface area contributed by atoms with Crippen molar-refractivity contribution in [3.63, 3.8) is 0 Å². The van der Waals surface area contributed by atoms with Crippen molar-refractivity contribution in [1.82, 2.24) is 4.98 Å². The van der Waals surface area contributed by atoms with Gasteiger partial charge in [0.15, 0.2) is 17.7 Å². The van der Waals surface area contributed by atoms with Crippen LogP contribution in [0.2, 0.25) is 0 Å². The van der Waals surface area contributed by atoms with Gasteiger partial charge in [-0.25, -0.2) is 4.98 Å². The standard InChI is InChI=1S/C18H14ClN3O/c19-17-14-3-1-2-4-15(14)22-18(17,16-10-21-11-23-16)13-7-5-12(9-20)6-8-13/h1-8,10-11H,9,20H2. The molecule has 2 aromatic carbocycles. The second kappa shape index (κ2) is 5.33. The molecule has 0 bridgehead atoms. The van der Waals surface area contributed by atoms with Crippen LogP contribution in [0.25, 0.3) is 5.03 Å². The normalized spacial score (nSPS) is 19.5. The lowest BCUT2D eigenvalue weighted by Crippen LogP contribution is -2.24. The van der Waals surface area contributed by atoms with E-state index in [2.05, 4.69) is 4.98 Å². The van der Waals surface area contributed by atoms with Crippen LogP contribution in [0.3, 0.4) is 0 Å². The molecular weight excluding hydrogens is 310 g/mol. The molecule has 114 valence electrons. The van der Waals surface area contributed by atoms with Crippen LogP contribution in [0.5, 0.6) is 0 Å². The third-order valence-electron chi connectivity index (χ3n) is 4.14. The Morgan fingerprint density at radius 1 is 1.09 bits per heavy atom. The van der Waals surface area contributed by atoms with Gasteiger partial charge in [0.1, 0.15) is 0 Å². The van der Waals surface area contributed by atoms with Crippen LogP contribution < -0.4 is 16.3 Å². The number of fused-ring (bicyclic) bond motifs is 1. The van der Waals surface area contributed by atoms with E-state index in [1.165, 1.54) is 6.39 Å². The molecular formula is C18H14ClN3O. The highest BCUT2D eigenvalue weighted by Gasteiger charge is 2.43. The van der Waals surface area contributed by atoms with Gasteiger partial charge in [-0.05, 0) is 17.2 Å². The minimum Gasteiger partial charge on any atom is -0.445 e. The summed E-state index contributed by atoms with van der Waals surface area (Å²) in [6, 6.07) is 15.8. The van der Waals surface area contributed by atoms with Crippen molar-refractivity contribution < 1.29 is 4.42 Å². The van der Waals surface area contributed by atoms with Crippen molar-refractivity contribution in [1.29, 1.82) is 0 Å². The smallest absolute Gasteiger partial charge is 0.181 e. The predicted molar refractivity (Wildman–Crippen MR) is 88.1 cm³/mol. The Morgan fingerprint density at radius 2 is 1.87 bits per heavy atom. The van der Waals surface area contributed by atoms with Crippen molar-refractivity contribution >= 4 is 16.6 Å². The topological polar surface area (TPSA) is 64.4 Å². The average molecular weight is 324 g/mol. The van der Waals surface area contributed by atoms with Crippen LogP contribution in [-0.4, -0.2) is 4.98 Å². The van der Waals surface area contributed by atoms with Crippen molar-refractivity contribution in [2.75, 3.05) is 0 Å². The van der Waals surface area contributed by atoms with Gasteiger partial charge in [-0.3, -0.25) is 4.99 Å². The molecule has 0 fully saturated rings. The first-order valence-electron chi connectivity index (χ1n) is 7.29. The van der Waals surface area contributed by atoms with E-state index in [0.29, 0.717) is 17.3 Å². The fraction of sp³-hybridized carbons (Fsp3) is 0.111. The summed E-state index contributed by atoms with van der Waals surface area (Å²) < 4.78 is 5.60. The van der Waals surface area contributed by atoms with Crippen LogP contribution >= 0.6 is 11.6 Å². The Morgan fingerprint density at radius 3 is 2.52 bits per heavy atom. The predicted octanol–water partition coefficient (Wildman–Crippen LogP) is 2.06. The largest absolute Gasteiger partial charge is 0.445 e. The molecule has 1 unspecified atom stereocenters. The summed E-state index contributed by atoms with van der Waals surface area (Å²) in [7, 11) is 0. The van der Waals surface area contributed by atoms with E-state index in [0.717, 1.165) is 21.7 Å².